The van der Waals surface area contributed by atoms with Crippen LogP contribution in [-0.4, -0.2) is 28.9 Å². The molecule has 5 heteroatoms. The van der Waals surface area contributed by atoms with Crippen molar-refractivity contribution in [2.75, 3.05) is 0 Å². The molecule has 0 bridgehead atoms. The molecule has 0 aromatic carbocycles. The van der Waals surface area contributed by atoms with E-state index in [0.717, 1.165) is 0 Å². The Labute approximate surface area is 71.2 Å². The summed E-state index contributed by atoms with van der Waals surface area (Å²) in [5.41, 5.74) is 11.0. The molecule has 0 fully saturated rings. The van der Waals surface area contributed by atoms with Crippen LogP contribution in [0.2, 0.25) is 0 Å². The van der Waals surface area contributed by atoms with Gasteiger partial charge in [-0.1, -0.05) is 0 Å². The summed E-state index contributed by atoms with van der Waals surface area (Å²) < 4.78 is 0. The van der Waals surface area contributed by atoms with Crippen LogP contribution in [0.15, 0.2) is 0 Å². The molecule has 6 N–H and O–H groups in total. The normalized spacial score (nSPS) is 15.2. The Morgan fingerprint density at radius 2 is 2.08 bits per heavy atom. The summed E-state index contributed by atoms with van der Waals surface area (Å²) in [7, 11) is 0. The number of carbonyl (C=O) groups is 1. The van der Waals surface area contributed by atoms with Crippen molar-refractivity contribution in [1.82, 2.24) is 0 Å². The fraction of sp³-hybridized carbons (Fsp3) is 0.714. The molecule has 0 aliphatic rings. The lowest BCUT2D eigenvalue weighted by atomic mass is 10.1. The molecule has 0 amide bonds. The zero-order valence-electron chi connectivity index (χ0n) is 7.08. The molecule has 70 valence electrons. The van der Waals surface area contributed by atoms with Crippen LogP contribution in [0, 0.1) is 5.41 Å². The third-order valence-electron chi connectivity index (χ3n) is 1.59. The van der Waals surface area contributed by atoms with Gasteiger partial charge in [-0.05, 0) is 19.8 Å². The SMILES string of the molecule is CC(N)C(=N)CCC(N)C(=O)O. The molecule has 0 rings (SSSR count). The van der Waals surface area contributed by atoms with Crippen molar-refractivity contribution in [3.63, 3.8) is 0 Å². The quantitative estimate of drug-likeness (QED) is 0.421. The minimum atomic E-state index is -1.03. The Balaban J connectivity index is 3.69. The van der Waals surface area contributed by atoms with Crippen LogP contribution >= 0.6 is 0 Å². The Bertz CT molecular complexity index is 179. The van der Waals surface area contributed by atoms with Crippen LogP contribution in [0.1, 0.15) is 19.8 Å². The summed E-state index contributed by atoms with van der Waals surface area (Å²) in [6.45, 7) is 1.69. The number of carboxylic acids is 1. The van der Waals surface area contributed by atoms with Gasteiger partial charge >= 0.3 is 5.97 Å². The number of hydrogen-bond donors (Lipinski definition) is 4. The largest absolute Gasteiger partial charge is 0.480 e. The summed E-state index contributed by atoms with van der Waals surface area (Å²) in [6, 6.07) is -1.20. The van der Waals surface area contributed by atoms with Gasteiger partial charge in [0.1, 0.15) is 6.04 Å². The third kappa shape index (κ3) is 4.05. The Morgan fingerprint density at radius 3 is 2.42 bits per heavy atom. The van der Waals surface area contributed by atoms with Crippen LogP contribution in [0.3, 0.4) is 0 Å². The smallest absolute Gasteiger partial charge is 0.320 e. The molecule has 2 atom stereocenters. The molecule has 12 heavy (non-hydrogen) atoms. The Kier molecular flexibility index (Phi) is 4.46. The summed E-state index contributed by atoms with van der Waals surface area (Å²) in [4.78, 5) is 10.3. The van der Waals surface area contributed by atoms with Gasteiger partial charge < -0.3 is 22.0 Å². The van der Waals surface area contributed by atoms with Gasteiger partial charge in [0, 0.05) is 11.8 Å². The van der Waals surface area contributed by atoms with Crippen LogP contribution in [-0.2, 0) is 4.79 Å². The van der Waals surface area contributed by atoms with E-state index in [1.807, 2.05) is 0 Å². The highest BCUT2D eigenvalue weighted by Gasteiger charge is 2.12. The van der Waals surface area contributed by atoms with E-state index >= 15 is 0 Å². The fourth-order valence-corrected chi connectivity index (χ4v) is 0.662. The van der Waals surface area contributed by atoms with Crippen LogP contribution in [0.4, 0.5) is 0 Å². The molecule has 0 heterocycles. The van der Waals surface area contributed by atoms with Crippen LogP contribution in [0.25, 0.3) is 0 Å². The van der Waals surface area contributed by atoms with Crippen molar-refractivity contribution >= 4 is 11.7 Å². The zero-order chi connectivity index (χ0) is 9.72. The van der Waals surface area contributed by atoms with E-state index in [9.17, 15) is 4.79 Å². The van der Waals surface area contributed by atoms with Crippen molar-refractivity contribution in [3.8, 4) is 0 Å². The Hall–Kier alpha value is -0.940. The molecule has 0 spiro atoms. The van der Waals surface area contributed by atoms with E-state index in [2.05, 4.69) is 0 Å². The van der Waals surface area contributed by atoms with E-state index < -0.39 is 12.0 Å². The number of nitrogens with one attached hydrogen (secondary N) is 1. The van der Waals surface area contributed by atoms with E-state index in [1.165, 1.54) is 0 Å². The fourth-order valence-electron chi connectivity index (χ4n) is 0.662. The van der Waals surface area contributed by atoms with Gasteiger partial charge in [0.15, 0.2) is 0 Å². The molecule has 0 aliphatic carbocycles. The van der Waals surface area contributed by atoms with Gasteiger partial charge in [-0.3, -0.25) is 4.79 Å². The molecule has 0 saturated carbocycles. The molecule has 0 aromatic heterocycles. The lowest BCUT2D eigenvalue weighted by Crippen LogP contribution is -2.33. The van der Waals surface area contributed by atoms with Gasteiger partial charge in [-0.25, -0.2) is 0 Å². The highest BCUT2D eigenvalue weighted by Crippen LogP contribution is 1.98. The van der Waals surface area contributed by atoms with E-state index in [-0.39, 0.29) is 12.5 Å². The summed E-state index contributed by atoms with van der Waals surface area (Å²) >= 11 is 0. The van der Waals surface area contributed by atoms with Gasteiger partial charge in [0.2, 0.25) is 0 Å². The van der Waals surface area contributed by atoms with E-state index in [4.69, 9.17) is 22.0 Å². The van der Waals surface area contributed by atoms with Crippen molar-refractivity contribution in [1.29, 1.82) is 5.41 Å². The molecule has 5 nitrogen and oxygen atoms in total. The maximum atomic E-state index is 10.3. The van der Waals surface area contributed by atoms with Crippen LogP contribution in [0.5, 0.6) is 0 Å². The molecule has 0 saturated heterocycles. The number of hydrogen-bond acceptors (Lipinski definition) is 4. The van der Waals surface area contributed by atoms with Gasteiger partial charge in [0.05, 0.1) is 0 Å². The van der Waals surface area contributed by atoms with Gasteiger partial charge in [0.25, 0.3) is 0 Å². The first-order valence-electron chi connectivity index (χ1n) is 3.76. The van der Waals surface area contributed by atoms with Crippen molar-refractivity contribution in [2.24, 2.45) is 11.5 Å². The van der Waals surface area contributed by atoms with E-state index in [1.54, 1.807) is 6.92 Å². The summed E-state index contributed by atoms with van der Waals surface area (Å²) in [6.07, 6.45) is 0.626. The minimum absolute atomic E-state index is 0.274. The lowest BCUT2D eigenvalue weighted by Gasteiger charge is -2.09. The maximum absolute atomic E-state index is 10.3. The second kappa shape index (κ2) is 4.84. The second-order valence-corrected chi connectivity index (χ2v) is 2.80. The number of carboxylic acid groups (broad SMARTS) is 1. The van der Waals surface area contributed by atoms with Crippen molar-refractivity contribution in [2.45, 2.75) is 31.8 Å². The van der Waals surface area contributed by atoms with Gasteiger partial charge in [-0.15, -0.1) is 0 Å². The standard InChI is InChI=1S/C7H15N3O2/c1-4(8)5(9)2-3-6(10)7(11)12/h4,6,9H,2-3,8,10H2,1H3,(H,11,12). The van der Waals surface area contributed by atoms with Crippen molar-refractivity contribution < 1.29 is 9.90 Å². The van der Waals surface area contributed by atoms with Gasteiger partial charge in [-0.2, -0.15) is 0 Å². The maximum Gasteiger partial charge on any atom is 0.320 e. The second-order valence-electron chi connectivity index (χ2n) is 2.80. The highest BCUT2D eigenvalue weighted by atomic mass is 16.4. The molecule has 0 aliphatic heterocycles. The predicted molar refractivity (Wildman–Crippen MR) is 46.2 cm³/mol. The molecule has 2 unspecified atom stereocenters. The molecule has 0 radical (unpaired) electrons. The third-order valence-corrected chi connectivity index (χ3v) is 1.59. The van der Waals surface area contributed by atoms with Crippen molar-refractivity contribution in [3.05, 3.63) is 0 Å². The molecular formula is C7H15N3O2. The zero-order valence-corrected chi connectivity index (χ0v) is 7.08. The summed E-state index contributed by atoms with van der Waals surface area (Å²) in [5.74, 6) is -1.03. The predicted octanol–water partition coefficient (Wildman–Crippen LogP) is -0.455. The Morgan fingerprint density at radius 1 is 1.58 bits per heavy atom. The lowest BCUT2D eigenvalue weighted by molar-refractivity contribution is -0.138. The minimum Gasteiger partial charge on any atom is -0.480 e. The molecular weight excluding hydrogens is 158 g/mol. The highest BCUT2D eigenvalue weighted by molar-refractivity contribution is 5.86. The topological polar surface area (TPSA) is 113 Å². The summed E-state index contributed by atoms with van der Waals surface area (Å²) in [5, 5.41) is 15.7. The number of nitrogens with two attached hydrogens (primary N) is 2. The average molecular weight is 173 g/mol. The first-order valence-corrected chi connectivity index (χ1v) is 3.76. The number of aliphatic carboxylic acids is 1. The first kappa shape index (κ1) is 11.1. The molecule has 0 aromatic rings. The van der Waals surface area contributed by atoms with E-state index in [0.29, 0.717) is 12.1 Å². The first-order chi connectivity index (χ1) is 5.45. The average Bonchev–Trinajstić information content (AvgIpc) is 1.98. The monoisotopic (exact) mass is 173 g/mol. The number of rotatable bonds is 5. The van der Waals surface area contributed by atoms with Crippen LogP contribution < -0.4 is 11.5 Å².